The molecule has 0 radical (unpaired) electrons. The zero-order valence-corrected chi connectivity index (χ0v) is 7.95. The zero-order valence-electron chi connectivity index (χ0n) is 7.95. The largest absolute Gasteiger partial charge is 0.241 e. The van der Waals surface area contributed by atoms with Crippen molar-refractivity contribution in [3.8, 4) is 0 Å². The molecule has 1 aromatic rings. The monoisotopic (exact) mass is 176 g/mol. The molecule has 1 fully saturated rings. The van der Waals surface area contributed by atoms with Crippen LogP contribution in [-0.2, 0) is 6.42 Å². The molecule has 1 aromatic heterocycles. The van der Waals surface area contributed by atoms with Crippen molar-refractivity contribution in [3.63, 3.8) is 0 Å². The molecular formula is C11H16N2. The lowest BCUT2D eigenvalue weighted by Crippen LogP contribution is -2.10. The molecule has 1 saturated carbocycles. The maximum atomic E-state index is 4.26. The van der Waals surface area contributed by atoms with Gasteiger partial charge in [-0.1, -0.05) is 32.1 Å². The molecule has 70 valence electrons. The van der Waals surface area contributed by atoms with Crippen molar-refractivity contribution in [2.24, 2.45) is 5.92 Å². The van der Waals surface area contributed by atoms with Crippen molar-refractivity contribution in [2.75, 3.05) is 0 Å². The van der Waals surface area contributed by atoms with E-state index in [0.29, 0.717) is 0 Å². The Morgan fingerprint density at radius 1 is 1.08 bits per heavy atom. The van der Waals surface area contributed by atoms with E-state index < -0.39 is 0 Å². The Labute approximate surface area is 79.4 Å². The van der Waals surface area contributed by atoms with Crippen LogP contribution in [0.5, 0.6) is 0 Å². The van der Waals surface area contributed by atoms with Crippen LogP contribution in [0.3, 0.4) is 0 Å². The van der Waals surface area contributed by atoms with Crippen LogP contribution in [0.2, 0.25) is 0 Å². The lowest BCUT2D eigenvalue weighted by Gasteiger charge is -2.20. The summed E-state index contributed by atoms with van der Waals surface area (Å²) >= 11 is 0. The molecule has 0 amide bonds. The van der Waals surface area contributed by atoms with Crippen molar-refractivity contribution >= 4 is 0 Å². The van der Waals surface area contributed by atoms with Crippen LogP contribution in [0.25, 0.3) is 0 Å². The Morgan fingerprint density at radius 3 is 2.46 bits per heavy atom. The second kappa shape index (κ2) is 4.35. The lowest BCUT2D eigenvalue weighted by molar-refractivity contribution is 0.351. The van der Waals surface area contributed by atoms with E-state index in [1.807, 2.05) is 18.5 Å². The highest BCUT2D eigenvalue weighted by atomic mass is 14.8. The summed E-state index contributed by atoms with van der Waals surface area (Å²) in [4.78, 5) is 8.52. The Bertz CT molecular complexity index is 240. The fraction of sp³-hybridized carbons (Fsp3) is 0.636. The summed E-state index contributed by atoms with van der Waals surface area (Å²) in [6.07, 6.45) is 11.7. The van der Waals surface area contributed by atoms with Crippen LogP contribution in [0.4, 0.5) is 0 Å². The summed E-state index contributed by atoms with van der Waals surface area (Å²) in [7, 11) is 0. The minimum Gasteiger partial charge on any atom is -0.241 e. The molecule has 2 heteroatoms. The van der Waals surface area contributed by atoms with Crippen molar-refractivity contribution in [1.82, 2.24) is 9.97 Å². The summed E-state index contributed by atoms with van der Waals surface area (Å²) in [5.74, 6) is 1.87. The molecule has 0 saturated heterocycles. The first-order valence-corrected chi connectivity index (χ1v) is 5.21. The molecule has 0 unspecified atom stereocenters. The van der Waals surface area contributed by atoms with E-state index in [1.165, 1.54) is 32.1 Å². The fourth-order valence-corrected chi connectivity index (χ4v) is 2.08. The van der Waals surface area contributed by atoms with Crippen LogP contribution in [0.1, 0.15) is 37.9 Å². The van der Waals surface area contributed by atoms with Gasteiger partial charge in [0, 0.05) is 18.8 Å². The minimum absolute atomic E-state index is 0.844. The highest BCUT2D eigenvalue weighted by Gasteiger charge is 2.14. The highest BCUT2D eigenvalue weighted by Crippen LogP contribution is 2.25. The Hall–Kier alpha value is -0.920. The molecule has 2 rings (SSSR count). The molecule has 0 spiro atoms. The maximum Gasteiger partial charge on any atom is 0.128 e. The van der Waals surface area contributed by atoms with Gasteiger partial charge < -0.3 is 0 Å². The van der Waals surface area contributed by atoms with Gasteiger partial charge in [0.25, 0.3) is 0 Å². The lowest BCUT2D eigenvalue weighted by atomic mass is 9.87. The van der Waals surface area contributed by atoms with Crippen LogP contribution < -0.4 is 0 Å². The first-order chi connectivity index (χ1) is 6.45. The van der Waals surface area contributed by atoms with Gasteiger partial charge in [-0.25, -0.2) is 9.97 Å². The van der Waals surface area contributed by atoms with Crippen molar-refractivity contribution in [2.45, 2.75) is 38.5 Å². The number of aromatic nitrogens is 2. The number of nitrogens with zero attached hydrogens (tertiary/aromatic N) is 2. The average molecular weight is 176 g/mol. The molecular weight excluding hydrogens is 160 g/mol. The van der Waals surface area contributed by atoms with E-state index in [2.05, 4.69) is 9.97 Å². The molecule has 1 aliphatic rings. The van der Waals surface area contributed by atoms with Gasteiger partial charge in [0.15, 0.2) is 0 Å². The van der Waals surface area contributed by atoms with Gasteiger partial charge in [-0.2, -0.15) is 0 Å². The predicted octanol–water partition coefficient (Wildman–Crippen LogP) is 2.60. The number of rotatable bonds is 2. The van der Waals surface area contributed by atoms with Crippen LogP contribution in [-0.4, -0.2) is 9.97 Å². The SMILES string of the molecule is c1cnc(CC2CCCCC2)nc1. The smallest absolute Gasteiger partial charge is 0.128 e. The van der Waals surface area contributed by atoms with E-state index in [1.54, 1.807) is 0 Å². The van der Waals surface area contributed by atoms with Gasteiger partial charge in [0.05, 0.1) is 0 Å². The first kappa shape index (κ1) is 8.67. The van der Waals surface area contributed by atoms with E-state index in [-0.39, 0.29) is 0 Å². The van der Waals surface area contributed by atoms with E-state index in [9.17, 15) is 0 Å². The van der Waals surface area contributed by atoms with E-state index in [0.717, 1.165) is 18.2 Å². The van der Waals surface area contributed by atoms with Crippen molar-refractivity contribution < 1.29 is 0 Å². The molecule has 0 N–H and O–H groups in total. The summed E-state index contributed by atoms with van der Waals surface area (Å²) < 4.78 is 0. The molecule has 0 atom stereocenters. The van der Waals surface area contributed by atoms with Gasteiger partial charge in [-0.15, -0.1) is 0 Å². The number of hydrogen-bond acceptors (Lipinski definition) is 2. The van der Waals surface area contributed by atoms with Gasteiger partial charge in [-0.05, 0) is 12.0 Å². The molecule has 0 bridgehead atoms. The van der Waals surface area contributed by atoms with Crippen LogP contribution in [0.15, 0.2) is 18.5 Å². The van der Waals surface area contributed by atoms with Crippen molar-refractivity contribution in [1.29, 1.82) is 0 Å². The van der Waals surface area contributed by atoms with Gasteiger partial charge >= 0.3 is 0 Å². The third-order valence-corrected chi connectivity index (χ3v) is 2.82. The third-order valence-electron chi connectivity index (χ3n) is 2.82. The topological polar surface area (TPSA) is 25.8 Å². The van der Waals surface area contributed by atoms with Crippen molar-refractivity contribution in [3.05, 3.63) is 24.3 Å². The molecule has 1 aliphatic carbocycles. The van der Waals surface area contributed by atoms with Gasteiger partial charge in [-0.3, -0.25) is 0 Å². The second-order valence-electron chi connectivity index (χ2n) is 3.87. The van der Waals surface area contributed by atoms with E-state index in [4.69, 9.17) is 0 Å². The molecule has 0 aliphatic heterocycles. The van der Waals surface area contributed by atoms with Crippen LogP contribution in [0, 0.1) is 5.92 Å². The Balaban J connectivity index is 1.90. The zero-order chi connectivity index (χ0) is 8.93. The summed E-state index contributed by atoms with van der Waals surface area (Å²) in [5.41, 5.74) is 0. The molecule has 2 nitrogen and oxygen atoms in total. The third kappa shape index (κ3) is 2.51. The minimum atomic E-state index is 0.844. The maximum absolute atomic E-state index is 4.26. The first-order valence-electron chi connectivity index (χ1n) is 5.21. The molecule has 0 aromatic carbocycles. The summed E-state index contributed by atoms with van der Waals surface area (Å²) in [6, 6.07) is 1.88. The molecule has 13 heavy (non-hydrogen) atoms. The second-order valence-corrected chi connectivity index (χ2v) is 3.87. The standard InChI is InChI=1S/C11H16N2/c1-2-5-10(6-3-1)9-11-12-7-4-8-13-11/h4,7-8,10H,1-3,5-6,9H2. The predicted molar refractivity (Wildman–Crippen MR) is 52.3 cm³/mol. The average Bonchev–Trinajstić information content (AvgIpc) is 2.21. The Kier molecular flexibility index (Phi) is 2.90. The highest BCUT2D eigenvalue weighted by molar-refractivity contribution is 4.90. The number of hydrogen-bond donors (Lipinski definition) is 0. The Morgan fingerprint density at radius 2 is 1.77 bits per heavy atom. The fourth-order valence-electron chi connectivity index (χ4n) is 2.08. The van der Waals surface area contributed by atoms with Gasteiger partial charge in [0.1, 0.15) is 5.82 Å². The summed E-state index contributed by atoms with van der Waals surface area (Å²) in [5, 5.41) is 0. The van der Waals surface area contributed by atoms with E-state index >= 15 is 0 Å². The quantitative estimate of drug-likeness (QED) is 0.692. The van der Waals surface area contributed by atoms with Gasteiger partial charge in [0.2, 0.25) is 0 Å². The van der Waals surface area contributed by atoms with Crippen LogP contribution >= 0.6 is 0 Å². The molecule has 1 heterocycles. The normalized spacial score (nSPS) is 18.8. The summed E-state index contributed by atoms with van der Waals surface area (Å²) in [6.45, 7) is 0.